The summed E-state index contributed by atoms with van der Waals surface area (Å²) in [7, 11) is 5.88. The monoisotopic (exact) mass is 253 g/mol. The van der Waals surface area contributed by atoms with Crippen molar-refractivity contribution in [3.63, 3.8) is 0 Å². The van der Waals surface area contributed by atoms with Crippen molar-refractivity contribution in [2.45, 2.75) is 51.2 Å². The Hall–Kier alpha value is -0.870. The van der Waals surface area contributed by atoms with Crippen molar-refractivity contribution in [2.75, 3.05) is 14.2 Å². The first-order valence-corrected chi connectivity index (χ1v) is 6.82. The molecule has 18 heavy (non-hydrogen) atoms. The average molecular weight is 253 g/mol. The van der Waals surface area contributed by atoms with E-state index in [1.54, 1.807) is 0 Å². The summed E-state index contributed by atoms with van der Waals surface area (Å²) in [6, 6.07) is 0.356. The average Bonchev–Trinajstić information content (AvgIpc) is 2.81. The topological polar surface area (TPSA) is 39.1 Å². The standard InChI is InChI=1S/C14H27N3O/c1-6-14(7-2,18-5)12(15-3)8-9-13-16-10-11-17(13)4/h10-12,15H,6-9H2,1-5H3. The molecule has 0 aliphatic rings. The van der Waals surface area contributed by atoms with Crippen LogP contribution in [0.4, 0.5) is 0 Å². The molecule has 0 radical (unpaired) electrons. The minimum Gasteiger partial charge on any atom is -0.377 e. The SMILES string of the molecule is CCC(CC)(OC)C(CCc1nccn1C)NC. The number of aromatic nitrogens is 2. The highest BCUT2D eigenvalue weighted by molar-refractivity contribution is 4.96. The van der Waals surface area contributed by atoms with Crippen molar-refractivity contribution in [2.24, 2.45) is 7.05 Å². The molecule has 1 unspecified atom stereocenters. The Morgan fingerprint density at radius 3 is 2.50 bits per heavy atom. The summed E-state index contributed by atoms with van der Waals surface area (Å²) in [5.74, 6) is 1.13. The van der Waals surface area contributed by atoms with Crippen LogP contribution < -0.4 is 5.32 Å². The Bertz CT molecular complexity index is 336. The number of rotatable bonds is 8. The maximum atomic E-state index is 5.80. The molecule has 4 heteroatoms. The van der Waals surface area contributed by atoms with Crippen molar-refractivity contribution in [1.82, 2.24) is 14.9 Å². The van der Waals surface area contributed by atoms with Gasteiger partial charge in [-0.15, -0.1) is 0 Å². The van der Waals surface area contributed by atoms with Crippen LogP contribution in [-0.2, 0) is 18.2 Å². The second-order valence-corrected chi connectivity index (χ2v) is 4.81. The molecule has 104 valence electrons. The van der Waals surface area contributed by atoms with Gasteiger partial charge in [-0.1, -0.05) is 13.8 Å². The van der Waals surface area contributed by atoms with Gasteiger partial charge in [-0.05, 0) is 26.3 Å². The van der Waals surface area contributed by atoms with Crippen LogP contribution in [0.5, 0.6) is 0 Å². The zero-order chi connectivity index (χ0) is 13.6. The number of hydrogen-bond donors (Lipinski definition) is 1. The fourth-order valence-corrected chi connectivity index (χ4v) is 2.75. The number of hydrogen-bond acceptors (Lipinski definition) is 3. The van der Waals surface area contributed by atoms with Crippen LogP contribution >= 0.6 is 0 Å². The van der Waals surface area contributed by atoms with E-state index < -0.39 is 0 Å². The predicted octanol–water partition coefficient (Wildman–Crippen LogP) is 2.15. The molecule has 0 aliphatic heterocycles. The molecule has 4 nitrogen and oxygen atoms in total. The van der Waals surface area contributed by atoms with E-state index >= 15 is 0 Å². The number of nitrogens with one attached hydrogen (secondary N) is 1. The van der Waals surface area contributed by atoms with Crippen LogP contribution in [0.1, 0.15) is 38.9 Å². The summed E-state index contributed by atoms with van der Waals surface area (Å²) >= 11 is 0. The third-order valence-corrected chi connectivity index (χ3v) is 4.16. The van der Waals surface area contributed by atoms with E-state index in [1.165, 1.54) is 0 Å². The molecule has 1 aromatic rings. The predicted molar refractivity (Wildman–Crippen MR) is 74.7 cm³/mol. The first-order valence-electron chi connectivity index (χ1n) is 6.82. The van der Waals surface area contributed by atoms with Crippen LogP contribution in [-0.4, -0.2) is 35.4 Å². The molecule has 0 aromatic carbocycles. The molecule has 0 bridgehead atoms. The number of likely N-dealkylation sites (N-methyl/N-ethyl adjacent to an activating group) is 1. The molecule has 1 N–H and O–H groups in total. The largest absolute Gasteiger partial charge is 0.377 e. The van der Waals surface area contributed by atoms with Crippen molar-refractivity contribution in [3.8, 4) is 0 Å². The van der Waals surface area contributed by atoms with Gasteiger partial charge in [0.1, 0.15) is 5.82 Å². The van der Waals surface area contributed by atoms with E-state index in [1.807, 2.05) is 33.6 Å². The molecular formula is C14H27N3O. The van der Waals surface area contributed by atoms with Gasteiger partial charge in [0, 0.05) is 39.0 Å². The Morgan fingerprint density at radius 1 is 1.44 bits per heavy atom. The van der Waals surface area contributed by atoms with E-state index in [0.29, 0.717) is 6.04 Å². The Morgan fingerprint density at radius 2 is 2.11 bits per heavy atom. The van der Waals surface area contributed by atoms with Gasteiger partial charge in [0.25, 0.3) is 0 Å². The molecule has 1 aromatic heterocycles. The highest BCUT2D eigenvalue weighted by atomic mass is 16.5. The van der Waals surface area contributed by atoms with Gasteiger partial charge in [-0.2, -0.15) is 0 Å². The Balaban J connectivity index is 2.69. The lowest BCUT2D eigenvalue weighted by molar-refractivity contribution is -0.0476. The molecule has 0 fully saturated rings. The number of ether oxygens (including phenoxy) is 1. The maximum absolute atomic E-state index is 5.80. The van der Waals surface area contributed by atoms with Gasteiger partial charge >= 0.3 is 0 Å². The van der Waals surface area contributed by atoms with E-state index in [0.717, 1.165) is 31.5 Å². The number of methoxy groups -OCH3 is 1. The van der Waals surface area contributed by atoms with Crippen LogP contribution in [0.3, 0.4) is 0 Å². The van der Waals surface area contributed by atoms with Crippen molar-refractivity contribution in [1.29, 1.82) is 0 Å². The summed E-state index contributed by atoms with van der Waals surface area (Å²) in [4.78, 5) is 4.38. The van der Waals surface area contributed by atoms with Crippen LogP contribution in [0.25, 0.3) is 0 Å². The van der Waals surface area contributed by atoms with Crippen LogP contribution in [0.15, 0.2) is 12.4 Å². The smallest absolute Gasteiger partial charge is 0.108 e. The fraction of sp³-hybridized carbons (Fsp3) is 0.786. The zero-order valence-electron chi connectivity index (χ0n) is 12.4. The molecule has 0 spiro atoms. The lowest BCUT2D eigenvalue weighted by Crippen LogP contribution is -2.50. The third-order valence-electron chi connectivity index (χ3n) is 4.16. The van der Waals surface area contributed by atoms with E-state index in [-0.39, 0.29) is 5.60 Å². The van der Waals surface area contributed by atoms with Gasteiger partial charge in [0.15, 0.2) is 0 Å². The second kappa shape index (κ2) is 6.90. The summed E-state index contributed by atoms with van der Waals surface area (Å²) in [6.45, 7) is 4.39. The minimum atomic E-state index is -0.0695. The first-order chi connectivity index (χ1) is 8.63. The van der Waals surface area contributed by atoms with Gasteiger partial charge < -0.3 is 14.6 Å². The van der Waals surface area contributed by atoms with Crippen molar-refractivity contribution < 1.29 is 4.74 Å². The molecule has 0 amide bonds. The number of aryl methyl sites for hydroxylation is 2. The third kappa shape index (κ3) is 3.12. The van der Waals surface area contributed by atoms with Gasteiger partial charge in [-0.3, -0.25) is 0 Å². The van der Waals surface area contributed by atoms with E-state index in [2.05, 4.69) is 28.7 Å². The number of nitrogens with zero attached hydrogens (tertiary/aromatic N) is 2. The van der Waals surface area contributed by atoms with E-state index in [9.17, 15) is 0 Å². The lowest BCUT2D eigenvalue weighted by Gasteiger charge is -2.38. The molecule has 0 saturated carbocycles. The fourth-order valence-electron chi connectivity index (χ4n) is 2.75. The molecule has 1 rings (SSSR count). The maximum Gasteiger partial charge on any atom is 0.108 e. The van der Waals surface area contributed by atoms with Crippen molar-refractivity contribution >= 4 is 0 Å². The van der Waals surface area contributed by atoms with Gasteiger partial charge in [0.05, 0.1) is 5.60 Å². The summed E-state index contributed by atoms with van der Waals surface area (Å²) in [5.41, 5.74) is -0.0695. The summed E-state index contributed by atoms with van der Waals surface area (Å²) in [6.07, 6.45) is 7.90. The summed E-state index contributed by atoms with van der Waals surface area (Å²) in [5, 5.41) is 3.42. The van der Waals surface area contributed by atoms with Crippen LogP contribution in [0.2, 0.25) is 0 Å². The summed E-state index contributed by atoms with van der Waals surface area (Å²) < 4.78 is 7.88. The quantitative estimate of drug-likeness (QED) is 0.771. The Labute approximate surface area is 111 Å². The van der Waals surface area contributed by atoms with Crippen LogP contribution in [0, 0.1) is 0 Å². The Kier molecular flexibility index (Phi) is 5.82. The molecule has 0 saturated heterocycles. The lowest BCUT2D eigenvalue weighted by atomic mass is 9.85. The highest BCUT2D eigenvalue weighted by Gasteiger charge is 2.34. The minimum absolute atomic E-state index is 0.0695. The molecule has 1 heterocycles. The van der Waals surface area contributed by atoms with E-state index in [4.69, 9.17) is 4.74 Å². The highest BCUT2D eigenvalue weighted by Crippen LogP contribution is 2.26. The second-order valence-electron chi connectivity index (χ2n) is 4.81. The molecule has 0 aliphatic carbocycles. The first kappa shape index (κ1) is 15.2. The normalized spacial score (nSPS) is 13.8. The van der Waals surface area contributed by atoms with Crippen molar-refractivity contribution in [3.05, 3.63) is 18.2 Å². The number of imidazole rings is 1. The zero-order valence-corrected chi connectivity index (χ0v) is 12.4. The molecular weight excluding hydrogens is 226 g/mol. The molecule has 1 atom stereocenters. The van der Waals surface area contributed by atoms with Gasteiger partial charge in [-0.25, -0.2) is 4.98 Å². The van der Waals surface area contributed by atoms with Gasteiger partial charge in [0.2, 0.25) is 0 Å².